The molecular weight excluding hydrogens is 475 g/mol. The maximum atomic E-state index is 13.2. The number of carbonyl (C=O) groups excluding carboxylic acids is 2. The fourth-order valence-electron chi connectivity index (χ4n) is 3.78. The Hall–Kier alpha value is -3.04. The third kappa shape index (κ3) is 6.30. The topological polar surface area (TPSA) is 65.1 Å². The summed E-state index contributed by atoms with van der Waals surface area (Å²) in [7, 11) is 1.50. The largest absolute Gasteiger partial charge is 0.573 e. The second-order valence-electron chi connectivity index (χ2n) is 7.58. The van der Waals surface area contributed by atoms with Crippen LogP contribution in [0.15, 0.2) is 59.8 Å². The summed E-state index contributed by atoms with van der Waals surface area (Å²) in [6.45, 7) is 1.70. The second kappa shape index (κ2) is 10.9. The summed E-state index contributed by atoms with van der Waals surface area (Å²) in [6.07, 6.45) is -4.87. The zero-order chi connectivity index (χ0) is 24.9. The molecule has 6 nitrogen and oxygen atoms in total. The molecule has 10 heteroatoms. The fraction of sp³-hybridized carbons (Fsp3) is 0.333. The molecule has 0 aliphatic carbocycles. The Morgan fingerprint density at radius 1 is 1.15 bits per heavy atom. The van der Waals surface area contributed by atoms with Gasteiger partial charge in [0.1, 0.15) is 12.4 Å². The molecule has 1 unspecified atom stereocenters. The van der Waals surface area contributed by atoms with Gasteiger partial charge in [-0.05, 0) is 30.7 Å². The molecule has 182 valence electrons. The van der Waals surface area contributed by atoms with Crippen molar-refractivity contribution < 1.29 is 37.0 Å². The van der Waals surface area contributed by atoms with E-state index in [4.69, 9.17) is 21.1 Å². The van der Waals surface area contributed by atoms with Gasteiger partial charge in [0.15, 0.2) is 0 Å². The monoisotopic (exact) mass is 497 g/mol. The number of benzene rings is 2. The quantitative estimate of drug-likeness (QED) is 0.468. The van der Waals surface area contributed by atoms with Gasteiger partial charge in [-0.25, -0.2) is 4.79 Å². The first-order valence-corrected chi connectivity index (χ1v) is 10.7. The van der Waals surface area contributed by atoms with Gasteiger partial charge in [0.2, 0.25) is 5.91 Å². The van der Waals surface area contributed by atoms with Crippen molar-refractivity contribution in [3.63, 3.8) is 0 Å². The summed E-state index contributed by atoms with van der Waals surface area (Å²) in [5.74, 6) is -1.98. The minimum Gasteiger partial charge on any atom is -0.457 e. The van der Waals surface area contributed by atoms with Crippen molar-refractivity contribution in [2.24, 2.45) is 0 Å². The summed E-state index contributed by atoms with van der Waals surface area (Å²) in [4.78, 5) is 27.5. The number of ether oxygens (including phenoxy) is 3. The Bertz CT molecular complexity index is 1070. The maximum Gasteiger partial charge on any atom is 0.573 e. The number of rotatable bonds is 8. The molecule has 0 spiro atoms. The average Bonchev–Trinajstić information content (AvgIpc) is 2.77. The van der Waals surface area contributed by atoms with Crippen molar-refractivity contribution >= 4 is 23.5 Å². The number of carbonyl (C=O) groups is 2. The summed E-state index contributed by atoms with van der Waals surface area (Å²) in [6, 6.07) is 12.2. The Morgan fingerprint density at radius 3 is 2.47 bits per heavy atom. The predicted molar refractivity (Wildman–Crippen MR) is 118 cm³/mol. The molecule has 2 aromatic carbocycles. The minimum atomic E-state index is -4.88. The van der Waals surface area contributed by atoms with Crippen molar-refractivity contribution in [3.8, 4) is 5.75 Å². The molecule has 0 radical (unpaired) electrons. The smallest absolute Gasteiger partial charge is 0.457 e. The number of hydrogen-bond donors (Lipinski definition) is 0. The van der Waals surface area contributed by atoms with Gasteiger partial charge >= 0.3 is 12.3 Å². The lowest BCUT2D eigenvalue weighted by molar-refractivity contribution is -0.275. The number of hydrogen-bond acceptors (Lipinski definition) is 5. The molecule has 0 saturated carbocycles. The Balaban J connectivity index is 1.90. The van der Waals surface area contributed by atoms with Gasteiger partial charge in [-0.1, -0.05) is 41.9 Å². The zero-order valence-electron chi connectivity index (χ0n) is 18.5. The van der Waals surface area contributed by atoms with E-state index >= 15 is 0 Å². The van der Waals surface area contributed by atoms with Gasteiger partial charge in [-0.2, -0.15) is 0 Å². The van der Waals surface area contributed by atoms with Crippen LogP contribution in [0.3, 0.4) is 0 Å². The minimum absolute atomic E-state index is 0.0148. The van der Waals surface area contributed by atoms with Crippen molar-refractivity contribution in [1.82, 2.24) is 4.90 Å². The van der Waals surface area contributed by atoms with Gasteiger partial charge in [0.25, 0.3) is 0 Å². The molecule has 2 aromatic rings. The molecular formula is C24H23ClF3NO5. The molecule has 1 amide bonds. The van der Waals surface area contributed by atoms with Crippen molar-refractivity contribution in [2.75, 3.05) is 20.3 Å². The van der Waals surface area contributed by atoms with Crippen LogP contribution in [0.2, 0.25) is 5.02 Å². The van der Waals surface area contributed by atoms with Crippen LogP contribution < -0.4 is 4.74 Å². The van der Waals surface area contributed by atoms with E-state index in [1.165, 1.54) is 30.2 Å². The van der Waals surface area contributed by atoms with Crippen molar-refractivity contribution in [2.45, 2.75) is 32.2 Å². The van der Waals surface area contributed by atoms with E-state index in [0.717, 1.165) is 6.07 Å². The van der Waals surface area contributed by atoms with Crippen LogP contribution in [0.5, 0.6) is 5.75 Å². The Labute approximate surface area is 199 Å². The third-order valence-corrected chi connectivity index (χ3v) is 5.64. The zero-order valence-corrected chi connectivity index (χ0v) is 19.3. The van der Waals surface area contributed by atoms with E-state index in [9.17, 15) is 22.8 Å². The van der Waals surface area contributed by atoms with Gasteiger partial charge in [-0.15, -0.1) is 13.2 Å². The fourth-order valence-corrected chi connectivity index (χ4v) is 3.91. The third-order valence-electron chi connectivity index (χ3n) is 5.39. The van der Waals surface area contributed by atoms with E-state index in [1.807, 2.05) is 0 Å². The van der Waals surface area contributed by atoms with Crippen LogP contribution in [0.1, 0.15) is 30.4 Å². The Kier molecular flexibility index (Phi) is 8.22. The predicted octanol–water partition coefficient (Wildman–Crippen LogP) is 5.22. The SMILES string of the molecule is COCCN1C(=O)CC(c2ccc(Cl)cc2)C(C(=O)OCc2ccccc2OC(F)(F)F)=C1C. The lowest BCUT2D eigenvalue weighted by Crippen LogP contribution is -2.40. The highest BCUT2D eigenvalue weighted by Crippen LogP contribution is 2.38. The van der Waals surface area contributed by atoms with Gasteiger partial charge in [0.05, 0.1) is 12.2 Å². The molecule has 1 heterocycles. The molecule has 0 bridgehead atoms. The lowest BCUT2D eigenvalue weighted by Gasteiger charge is -2.34. The van der Waals surface area contributed by atoms with Crippen molar-refractivity contribution in [3.05, 3.63) is 76.0 Å². The van der Waals surface area contributed by atoms with Crippen molar-refractivity contribution in [1.29, 1.82) is 0 Å². The summed E-state index contributed by atoms with van der Waals surface area (Å²) >= 11 is 5.98. The number of halogens is 4. The van der Waals surface area contributed by atoms with E-state index in [0.29, 0.717) is 16.3 Å². The molecule has 3 rings (SSSR count). The molecule has 1 atom stereocenters. The first-order chi connectivity index (χ1) is 16.1. The molecule has 1 aliphatic heterocycles. The summed E-state index contributed by atoms with van der Waals surface area (Å²) in [5.41, 5.74) is 1.39. The molecule has 34 heavy (non-hydrogen) atoms. The number of alkyl halides is 3. The van der Waals surface area contributed by atoms with E-state index in [2.05, 4.69) is 4.74 Å². The summed E-state index contributed by atoms with van der Waals surface area (Å²) in [5, 5.41) is 0.499. The van der Waals surface area contributed by atoms with Crippen LogP contribution >= 0.6 is 11.6 Å². The highest BCUT2D eigenvalue weighted by molar-refractivity contribution is 6.30. The number of esters is 1. The van der Waals surface area contributed by atoms with Crippen LogP contribution in [0, 0.1) is 0 Å². The molecule has 0 saturated heterocycles. The summed E-state index contributed by atoms with van der Waals surface area (Å²) < 4.78 is 52.7. The number of nitrogens with zero attached hydrogens (tertiary/aromatic N) is 1. The normalized spacial score (nSPS) is 16.6. The average molecular weight is 498 g/mol. The Morgan fingerprint density at radius 2 is 1.82 bits per heavy atom. The second-order valence-corrected chi connectivity index (χ2v) is 8.01. The molecule has 0 fully saturated rings. The lowest BCUT2D eigenvalue weighted by atomic mass is 9.83. The number of amides is 1. The van der Waals surface area contributed by atoms with E-state index < -0.39 is 30.6 Å². The van der Waals surface area contributed by atoms with Gasteiger partial charge in [0, 0.05) is 42.3 Å². The van der Waals surface area contributed by atoms with Crippen LogP contribution in [0.4, 0.5) is 13.2 Å². The first kappa shape index (κ1) is 25.6. The molecule has 0 aromatic heterocycles. The van der Waals surface area contributed by atoms with Gasteiger partial charge < -0.3 is 19.1 Å². The number of allylic oxidation sites excluding steroid dienone is 1. The van der Waals surface area contributed by atoms with Crippen LogP contribution in [0.25, 0.3) is 0 Å². The van der Waals surface area contributed by atoms with E-state index in [-0.39, 0.29) is 36.6 Å². The number of methoxy groups -OCH3 is 1. The highest BCUT2D eigenvalue weighted by atomic mass is 35.5. The van der Waals surface area contributed by atoms with E-state index in [1.54, 1.807) is 31.2 Å². The van der Waals surface area contributed by atoms with Crippen LogP contribution in [-0.2, 0) is 25.7 Å². The highest BCUT2D eigenvalue weighted by Gasteiger charge is 2.37. The van der Waals surface area contributed by atoms with Crippen LogP contribution in [-0.4, -0.2) is 43.4 Å². The first-order valence-electron chi connectivity index (χ1n) is 10.4. The molecule has 1 aliphatic rings. The number of para-hydroxylation sites is 1. The maximum absolute atomic E-state index is 13.2. The standard InChI is InChI=1S/C24H23ClF3NO5/c1-15-22(23(31)33-14-17-5-3-4-6-20(17)34-24(26,27)28)19(16-7-9-18(25)10-8-16)13-21(30)29(15)11-12-32-2/h3-10,19H,11-14H2,1-2H3. The molecule has 0 N–H and O–H groups in total. The van der Waals surface area contributed by atoms with Gasteiger partial charge in [-0.3, -0.25) is 4.79 Å².